The summed E-state index contributed by atoms with van der Waals surface area (Å²) in [6.07, 6.45) is -1.13. The molecule has 0 saturated heterocycles. The summed E-state index contributed by atoms with van der Waals surface area (Å²) in [5.41, 5.74) is 0.687. The zero-order valence-corrected chi connectivity index (χ0v) is 16.3. The number of aliphatic hydroxyl groups excluding tert-OH is 1. The van der Waals surface area contributed by atoms with E-state index in [-0.39, 0.29) is 49.5 Å². The van der Waals surface area contributed by atoms with Crippen molar-refractivity contribution in [3.8, 4) is 0 Å². The van der Waals surface area contributed by atoms with Gasteiger partial charge >= 0.3 is 29.6 Å². The molecule has 0 radical (unpaired) electrons. The molecule has 4 nitrogen and oxygen atoms in total. The molecule has 0 amide bonds. The largest absolute Gasteiger partial charge is 1.00 e. The van der Waals surface area contributed by atoms with E-state index in [9.17, 15) is 18.1 Å². The van der Waals surface area contributed by atoms with Gasteiger partial charge in [-0.3, -0.25) is 0 Å². The molecular formula is C13H8Cl3NaO4S. The van der Waals surface area contributed by atoms with Crippen LogP contribution >= 0.6 is 34.8 Å². The van der Waals surface area contributed by atoms with Crippen molar-refractivity contribution < 1.29 is 47.6 Å². The standard InChI is InChI=1S/C13H9Cl3O4S.Na/c14-10-6-5-9(11(15)12(10)16)13(17)7-1-3-8(4-2-7)21(18,19)20;/h1-6,13,17H,(H,18,19,20);/q;+1/p-1. The van der Waals surface area contributed by atoms with Crippen LogP contribution in [0.2, 0.25) is 15.1 Å². The molecule has 0 aromatic heterocycles. The minimum absolute atomic E-state index is 0. The van der Waals surface area contributed by atoms with Gasteiger partial charge in [0.05, 0.1) is 20.0 Å². The maximum atomic E-state index is 10.8. The van der Waals surface area contributed by atoms with Crippen LogP contribution in [0.15, 0.2) is 41.3 Å². The molecule has 0 aliphatic rings. The van der Waals surface area contributed by atoms with Crippen molar-refractivity contribution in [2.24, 2.45) is 0 Å². The Morgan fingerprint density at radius 3 is 2.00 bits per heavy atom. The fourth-order valence-corrected chi connectivity index (χ4v) is 2.86. The predicted octanol–water partition coefficient (Wildman–Crippen LogP) is 0.637. The second kappa shape index (κ2) is 7.83. The smallest absolute Gasteiger partial charge is 0.744 e. The van der Waals surface area contributed by atoms with E-state index in [1.165, 1.54) is 24.3 Å². The number of aliphatic hydroxyl groups is 1. The fourth-order valence-electron chi connectivity index (χ4n) is 1.75. The maximum Gasteiger partial charge on any atom is 1.00 e. The van der Waals surface area contributed by atoms with Crippen LogP contribution in [0.4, 0.5) is 0 Å². The van der Waals surface area contributed by atoms with Crippen LogP contribution in [0.3, 0.4) is 0 Å². The van der Waals surface area contributed by atoms with E-state index in [4.69, 9.17) is 34.8 Å². The van der Waals surface area contributed by atoms with Crippen molar-refractivity contribution >= 4 is 44.9 Å². The third-order valence-corrected chi connectivity index (χ3v) is 5.00. The summed E-state index contributed by atoms with van der Waals surface area (Å²) in [6.45, 7) is 0. The predicted molar refractivity (Wildman–Crippen MR) is 79.9 cm³/mol. The third-order valence-electron chi connectivity index (χ3n) is 2.84. The van der Waals surface area contributed by atoms with E-state index in [1.807, 2.05) is 0 Å². The van der Waals surface area contributed by atoms with E-state index >= 15 is 0 Å². The Balaban J connectivity index is 0.00000242. The molecule has 0 spiro atoms. The third kappa shape index (κ3) is 4.38. The van der Waals surface area contributed by atoms with Crippen molar-refractivity contribution in [2.75, 3.05) is 0 Å². The minimum Gasteiger partial charge on any atom is -0.744 e. The van der Waals surface area contributed by atoms with Crippen molar-refractivity contribution in [1.29, 1.82) is 0 Å². The van der Waals surface area contributed by atoms with Crippen LogP contribution in [0, 0.1) is 0 Å². The van der Waals surface area contributed by atoms with Gasteiger partial charge in [0.2, 0.25) is 0 Å². The first-order valence-electron chi connectivity index (χ1n) is 5.59. The Bertz CT molecular complexity index is 779. The van der Waals surface area contributed by atoms with E-state index < -0.39 is 16.2 Å². The monoisotopic (exact) mass is 388 g/mol. The molecule has 0 saturated carbocycles. The van der Waals surface area contributed by atoms with Crippen molar-refractivity contribution in [2.45, 2.75) is 11.0 Å². The van der Waals surface area contributed by atoms with E-state index in [2.05, 4.69) is 0 Å². The van der Waals surface area contributed by atoms with Gasteiger partial charge in [-0.1, -0.05) is 53.0 Å². The van der Waals surface area contributed by atoms with Gasteiger partial charge in [-0.05, 0) is 23.8 Å². The first-order valence-corrected chi connectivity index (χ1v) is 8.13. The molecule has 112 valence electrons. The fraction of sp³-hybridized carbons (Fsp3) is 0.0769. The van der Waals surface area contributed by atoms with E-state index in [0.717, 1.165) is 12.1 Å². The normalized spacial score (nSPS) is 12.6. The summed E-state index contributed by atoms with van der Waals surface area (Å²) < 4.78 is 32.5. The molecule has 1 N–H and O–H groups in total. The first-order chi connectivity index (χ1) is 9.71. The summed E-state index contributed by atoms with van der Waals surface area (Å²) >= 11 is 17.7. The van der Waals surface area contributed by atoms with Crippen LogP contribution in [0.1, 0.15) is 17.2 Å². The number of hydrogen-bond acceptors (Lipinski definition) is 4. The zero-order chi connectivity index (χ0) is 15.8. The Hall–Kier alpha value is 0.180. The van der Waals surface area contributed by atoms with Crippen LogP contribution in [0.5, 0.6) is 0 Å². The summed E-state index contributed by atoms with van der Waals surface area (Å²) in [5, 5.41) is 10.8. The van der Waals surface area contributed by atoms with E-state index in [0.29, 0.717) is 11.1 Å². The second-order valence-corrected chi connectivity index (χ2v) is 6.73. The van der Waals surface area contributed by atoms with Crippen LogP contribution < -0.4 is 29.6 Å². The summed E-state index contributed by atoms with van der Waals surface area (Å²) in [4.78, 5) is -0.376. The molecule has 0 heterocycles. The second-order valence-electron chi connectivity index (χ2n) is 4.19. The molecule has 9 heteroatoms. The molecule has 2 rings (SSSR count). The van der Waals surface area contributed by atoms with Crippen LogP contribution in [-0.2, 0) is 10.1 Å². The number of rotatable bonds is 3. The first kappa shape index (κ1) is 20.2. The van der Waals surface area contributed by atoms with Gasteiger partial charge in [-0.25, -0.2) is 8.42 Å². The Morgan fingerprint density at radius 1 is 0.955 bits per heavy atom. The summed E-state index contributed by atoms with van der Waals surface area (Å²) in [6, 6.07) is 7.89. The Labute approximate surface area is 165 Å². The average molecular weight is 390 g/mol. The molecule has 1 unspecified atom stereocenters. The maximum absolute atomic E-state index is 10.8. The molecule has 0 aliphatic heterocycles. The van der Waals surface area contributed by atoms with Gasteiger partial charge in [0.25, 0.3) is 0 Å². The van der Waals surface area contributed by atoms with Crippen molar-refractivity contribution in [1.82, 2.24) is 0 Å². The molecule has 2 aromatic carbocycles. The molecule has 0 aliphatic carbocycles. The summed E-state index contributed by atoms with van der Waals surface area (Å²) in [5.74, 6) is 0. The number of halogens is 3. The van der Waals surface area contributed by atoms with Gasteiger partial charge in [-0.15, -0.1) is 0 Å². The minimum atomic E-state index is -4.53. The average Bonchev–Trinajstić information content (AvgIpc) is 2.43. The zero-order valence-electron chi connectivity index (χ0n) is 11.3. The molecule has 0 bridgehead atoms. The van der Waals surface area contributed by atoms with Crippen LogP contribution in [-0.4, -0.2) is 18.1 Å². The molecule has 0 fully saturated rings. The SMILES string of the molecule is O=S(=O)([O-])c1ccc(C(O)c2ccc(Cl)c(Cl)c2Cl)cc1.[Na+]. The number of hydrogen-bond donors (Lipinski definition) is 1. The van der Waals surface area contributed by atoms with Crippen LogP contribution in [0.25, 0.3) is 0 Å². The molecular weight excluding hydrogens is 382 g/mol. The van der Waals surface area contributed by atoms with Gasteiger partial charge in [0.15, 0.2) is 0 Å². The quantitative estimate of drug-likeness (QED) is 0.475. The molecule has 2 aromatic rings. The van der Waals surface area contributed by atoms with Crippen molar-refractivity contribution in [3.63, 3.8) is 0 Å². The summed E-state index contributed by atoms with van der Waals surface area (Å²) in [7, 11) is -4.53. The van der Waals surface area contributed by atoms with Gasteiger partial charge in [0.1, 0.15) is 16.2 Å². The number of benzene rings is 2. The Morgan fingerprint density at radius 2 is 1.50 bits per heavy atom. The van der Waals surface area contributed by atoms with Gasteiger partial charge in [0, 0.05) is 5.56 Å². The van der Waals surface area contributed by atoms with Gasteiger partial charge < -0.3 is 9.66 Å². The van der Waals surface area contributed by atoms with Gasteiger partial charge in [-0.2, -0.15) is 0 Å². The topological polar surface area (TPSA) is 77.4 Å². The molecule has 22 heavy (non-hydrogen) atoms. The van der Waals surface area contributed by atoms with E-state index in [1.54, 1.807) is 0 Å². The molecule has 1 atom stereocenters. The van der Waals surface area contributed by atoms with Crippen molar-refractivity contribution in [3.05, 3.63) is 62.6 Å². The Kier molecular flexibility index (Phi) is 7.20.